The minimum atomic E-state index is 1.04. The Kier molecular flexibility index (Phi) is 10.8. The van der Waals surface area contributed by atoms with Gasteiger partial charge in [-0.3, -0.25) is 4.98 Å². The van der Waals surface area contributed by atoms with Gasteiger partial charge < -0.3 is 0 Å². The number of rotatable bonds is 1. The molecule has 1 nitrogen and oxygen atoms in total. The third-order valence-corrected chi connectivity index (χ3v) is 5.82. The third kappa shape index (κ3) is 5.39. The molecule has 2 aromatic carbocycles. The van der Waals surface area contributed by atoms with Crippen molar-refractivity contribution in [1.29, 1.82) is 0 Å². The Hall–Kier alpha value is -1.71. The van der Waals surface area contributed by atoms with Gasteiger partial charge in [0.2, 0.25) is 0 Å². The summed E-state index contributed by atoms with van der Waals surface area (Å²) < 4.78 is 0. The third-order valence-electron chi connectivity index (χ3n) is 3.20. The SMILES string of the molecule is CC.CC.CC.c1ccc(-c2cccc3c2Sc2ccccc2S3)nc1. The monoisotopic (exact) mass is 383 g/mol. The van der Waals surface area contributed by atoms with Gasteiger partial charge in [0.25, 0.3) is 0 Å². The lowest BCUT2D eigenvalue weighted by atomic mass is 10.1. The molecular formula is C23H29NS2. The van der Waals surface area contributed by atoms with Crippen LogP contribution in [0.1, 0.15) is 41.5 Å². The first-order valence-electron chi connectivity index (χ1n) is 9.41. The number of pyridine rings is 1. The fourth-order valence-corrected chi connectivity index (χ4v) is 4.66. The van der Waals surface area contributed by atoms with Crippen molar-refractivity contribution in [2.45, 2.75) is 61.1 Å². The molecule has 4 rings (SSSR count). The van der Waals surface area contributed by atoms with Crippen LogP contribution in [0.3, 0.4) is 0 Å². The number of nitrogens with zero attached hydrogens (tertiary/aromatic N) is 1. The second-order valence-electron chi connectivity index (χ2n) is 4.50. The molecule has 0 aliphatic carbocycles. The van der Waals surface area contributed by atoms with E-state index < -0.39 is 0 Å². The van der Waals surface area contributed by atoms with Gasteiger partial charge in [0.05, 0.1) is 5.69 Å². The number of hydrogen-bond donors (Lipinski definition) is 0. The fraction of sp³-hybridized carbons (Fsp3) is 0.261. The van der Waals surface area contributed by atoms with Crippen molar-refractivity contribution in [2.75, 3.05) is 0 Å². The van der Waals surface area contributed by atoms with Crippen molar-refractivity contribution in [3.63, 3.8) is 0 Å². The highest BCUT2D eigenvalue weighted by Gasteiger charge is 2.20. The molecule has 0 atom stereocenters. The van der Waals surface area contributed by atoms with Gasteiger partial charge in [-0.2, -0.15) is 0 Å². The van der Waals surface area contributed by atoms with E-state index in [2.05, 4.69) is 53.5 Å². The molecule has 0 bridgehead atoms. The minimum Gasteiger partial charge on any atom is -0.256 e. The van der Waals surface area contributed by atoms with Crippen LogP contribution in [0.15, 0.2) is 86.4 Å². The first-order valence-corrected chi connectivity index (χ1v) is 11.0. The van der Waals surface area contributed by atoms with Crippen LogP contribution in [-0.2, 0) is 0 Å². The van der Waals surface area contributed by atoms with Gasteiger partial charge in [-0.15, -0.1) is 0 Å². The molecule has 0 spiro atoms. The smallest absolute Gasteiger partial charge is 0.0713 e. The van der Waals surface area contributed by atoms with Gasteiger partial charge >= 0.3 is 0 Å². The minimum absolute atomic E-state index is 1.04. The van der Waals surface area contributed by atoms with Gasteiger partial charge in [0.1, 0.15) is 0 Å². The molecule has 0 fully saturated rings. The summed E-state index contributed by atoms with van der Waals surface area (Å²) in [6.07, 6.45) is 1.85. The van der Waals surface area contributed by atoms with Crippen LogP contribution in [0.4, 0.5) is 0 Å². The summed E-state index contributed by atoms with van der Waals surface area (Å²) in [7, 11) is 0. The number of aromatic nitrogens is 1. The molecule has 0 unspecified atom stereocenters. The van der Waals surface area contributed by atoms with Crippen LogP contribution in [-0.4, -0.2) is 4.98 Å². The van der Waals surface area contributed by atoms with E-state index in [1.807, 2.05) is 83.4 Å². The molecule has 1 aromatic heterocycles. The van der Waals surface area contributed by atoms with Crippen molar-refractivity contribution in [2.24, 2.45) is 0 Å². The van der Waals surface area contributed by atoms with E-state index in [1.54, 1.807) is 0 Å². The number of hydrogen-bond acceptors (Lipinski definition) is 3. The summed E-state index contributed by atoms with van der Waals surface area (Å²) in [5, 5.41) is 0. The van der Waals surface area contributed by atoms with Crippen LogP contribution in [0.25, 0.3) is 11.3 Å². The van der Waals surface area contributed by atoms with Crippen LogP contribution in [0.5, 0.6) is 0 Å². The largest absolute Gasteiger partial charge is 0.256 e. The molecule has 0 amide bonds. The molecule has 26 heavy (non-hydrogen) atoms. The standard InChI is InChI=1S/C17H11NS2.3C2H6/c1-2-9-15-14(8-1)19-16-10-5-6-12(17(16)20-15)13-7-3-4-11-18-13;3*1-2/h1-11H;3*1-2H3. The Morgan fingerprint density at radius 2 is 1.15 bits per heavy atom. The Labute approximate surface area is 167 Å². The van der Waals surface area contributed by atoms with Crippen molar-refractivity contribution >= 4 is 23.5 Å². The van der Waals surface area contributed by atoms with Gasteiger partial charge in [-0.1, -0.05) is 95.4 Å². The predicted molar refractivity (Wildman–Crippen MR) is 118 cm³/mol. The average Bonchev–Trinajstić information content (AvgIpc) is 2.76. The van der Waals surface area contributed by atoms with Crippen molar-refractivity contribution < 1.29 is 0 Å². The van der Waals surface area contributed by atoms with Gasteiger partial charge in [0, 0.05) is 31.3 Å². The van der Waals surface area contributed by atoms with Crippen LogP contribution in [0.2, 0.25) is 0 Å². The van der Waals surface area contributed by atoms with E-state index in [0.717, 1.165) is 5.69 Å². The molecule has 3 heteroatoms. The Morgan fingerprint density at radius 3 is 1.77 bits per heavy atom. The zero-order valence-electron chi connectivity index (χ0n) is 16.6. The highest BCUT2D eigenvalue weighted by atomic mass is 32.2. The zero-order valence-corrected chi connectivity index (χ0v) is 18.2. The average molecular weight is 384 g/mol. The Balaban J connectivity index is 0.000000515. The summed E-state index contributed by atoms with van der Waals surface area (Å²) in [5.41, 5.74) is 2.26. The van der Waals surface area contributed by atoms with E-state index in [0.29, 0.717) is 0 Å². The predicted octanol–water partition coefficient (Wildman–Crippen LogP) is 8.44. The molecule has 0 saturated carbocycles. The number of fused-ring (bicyclic) bond motifs is 2. The highest BCUT2D eigenvalue weighted by Crippen LogP contribution is 2.51. The maximum atomic E-state index is 4.49. The van der Waals surface area contributed by atoms with Crippen LogP contribution in [0, 0.1) is 0 Å². The first kappa shape index (κ1) is 22.3. The molecule has 2 heterocycles. The summed E-state index contributed by atoms with van der Waals surface area (Å²) in [4.78, 5) is 9.79. The maximum absolute atomic E-state index is 4.49. The maximum Gasteiger partial charge on any atom is 0.0713 e. The second-order valence-corrected chi connectivity index (χ2v) is 6.63. The van der Waals surface area contributed by atoms with Crippen molar-refractivity contribution in [3.05, 3.63) is 66.9 Å². The molecule has 3 aromatic rings. The van der Waals surface area contributed by atoms with Gasteiger partial charge in [-0.25, -0.2) is 0 Å². The molecule has 1 aliphatic rings. The van der Waals surface area contributed by atoms with Crippen molar-refractivity contribution in [1.82, 2.24) is 4.98 Å². The zero-order chi connectivity index (χ0) is 19.4. The van der Waals surface area contributed by atoms with Gasteiger partial charge in [0.15, 0.2) is 0 Å². The Bertz CT molecular complexity index is 770. The molecule has 1 aliphatic heterocycles. The molecule has 0 radical (unpaired) electrons. The van der Waals surface area contributed by atoms with E-state index in [1.165, 1.54) is 25.1 Å². The first-order chi connectivity index (χ1) is 12.9. The summed E-state index contributed by atoms with van der Waals surface area (Å²) in [6.45, 7) is 12.0. The van der Waals surface area contributed by atoms with Crippen LogP contribution < -0.4 is 0 Å². The lowest BCUT2D eigenvalue weighted by molar-refractivity contribution is 1.15. The summed E-state index contributed by atoms with van der Waals surface area (Å²) >= 11 is 3.69. The Morgan fingerprint density at radius 1 is 0.577 bits per heavy atom. The summed E-state index contributed by atoms with van der Waals surface area (Å²) in [5.74, 6) is 0. The lowest BCUT2D eigenvalue weighted by Gasteiger charge is -2.20. The van der Waals surface area contributed by atoms with E-state index in [9.17, 15) is 0 Å². The van der Waals surface area contributed by atoms with E-state index in [-0.39, 0.29) is 0 Å². The van der Waals surface area contributed by atoms with E-state index in [4.69, 9.17) is 0 Å². The fourth-order valence-electron chi connectivity index (χ4n) is 2.27. The van der Waals surface area contributed by atoms with Crippen LogP contribution >= 0.6 is 23.5 Å². The van der Waals surface area contributed by atoms with Crippen molar-refractivity contribution in [3.8, 4) is 11.3 Å². The number of benzene rings is 2. The highest BCUT2D eigenvalue weighted by molar-refractivity contribution is 8.05. The second kappa shape index (κ2) is 12.6. The normalized spacial score (nSPS) is 10.4. The molecule has 0 saturated heterocycles. The lowest BCUT2D eigenvalue weighted by Crippen LogP contribution is -1.93. The topological polar surface area (TPSA) is 12.9 Å². The molecular weight excluding hydrogens is 354 g/mol. The molecule has 138 valence electrons. The van der Waals surface area contributed by atoms with Gasteiger partial charge in [-0.05, 0) is 30.3 Å². The van der Waals surface area contributed by atoms with E-state index >= 15 is 0 Å². The molecule has 0 N–H and O–H groups in total. The quantitative estimate of drug-likeness (QED) is 0.327. The summed E-state index contributed by atoms with van der Waals surface area (Å²) in [6, 6.07) is 21.1.